The lowest BCUT2D eigenvalue weighted by Gasteiger charge is -2.34. The molecule has 3 fully saturated rings. The largest absolute Gasteiger partial charge is 0.313 e. The lowest BCUT2D eigenvalue weighted by atomic mass is 10.2. The molecule has 0 aliphatic carbocycles. The van der Waals surface area contributed by atoms with Gasteiger partial charge in [0.05, 0.1) is 0 Å². The molecule has 0 spiro atoms. The van der Waals surface area contributed by atoms with Crippen LogP contribution in [0, 0.1) is 0 Å². The van der Waals surface area contributed by atoms with Gasteiger partial charge in [-0.25, -0.2) is 0 Å². The van der Waals surface area contributed by atoms with Gasteiger partial charge in [-0.15, -0.1) is 0 Å². The van der Waals surface area contributed by atoms with Crippen molar-refractivity contribution >= 4 is 16.8 Å². The van der Waals surface area contributed by atoms with Crippen LogP contribution in [0.2, 0.25) is 0 Å². The first-order valence-corrected chi connectivity index (χ1v) is 3.16. The van der Waals surface area contributed by atoms with Gasteiger partial charge in [-0.1, -0.05) is 0 Å². The molecular formula is C5H5ClO3. The van der Waals surface area contributed by atoms with Crippen LogP contribution >= 0.6 is 11.6 Å². The topological polar surface area (TPSA) is 35.5 Å². The highest BCUT2D eigenvalue weighted by Crippen LogP contribution is 2.45. The standard InChI is InChI=1S/C5H5ClO3/c6-4(7)5-2-1-3(8-5)9-5/h3H,1-2H2. The molecule has 0 N–H and O–H groups in total. The summed E-state index contributed by atoms with van der Waals surface area (Å²) in [5.41, 5.74) is 0. The summed E-state index contributed by atoms with van der Waals surface area (Å²) in [4.78, 5) is 10.5. The number of carbonyl (C=O) groups excluding carboxylic acids is 1. The molecule has 3 aliphatic heterocycles. The Hall–Kier alpha value is -0.120. The normalized spacial score (nSPS) is 46.6. The molecule has 0 aromatic rings. The Kier molecular flexibility index (Phi) is 0.928. The van der Waals surface area contributed by atoms with Crippen molar-refractivity contribution in [2.24, 2.45) is 0 Å². The van der Waals surface area contributed by atoms with Gasteiger partial charge in [-0.2, -0.15) is 0 Å². The summed E-state index contributed by atoms with van der Waals surface area (Å²) in [6, 6.07) is 0. The molecule has 0 aromatic heterocycles. The molecule has 3 saturated heterocycles. The summed E-state index contributed by atoms with van der Waals surface area (Å²) < 4.78 is 9.99. The molecular weight excluding hydrogens is 144 g/mol. The highest BCUT2D eigenvalue weighted by molar-refractivity contribution is 6.65. The van der Waals surface area contributed by atoms with E-state index >= 15 is 0 Å². The van der Waals surface area contributed by atoms with Crippen molar-refractivity contribution in [3.05, 3.63) is 0 Å². The number of hydrogen-bond donors (Lipinski definition) is 0. The van der Waals surface area contributed by atoms with Crippen LogP contribution in [0.4, 0.5) is 0 Å². The number of fused-ring (bicyclic) bond motifs is 1. The molecule has 0 atom stereocenters. The number of rotatable bonds is 1. The first-order valence-electron chi connectivity index (χ1n) is 2.78. The lowest BCUT2D eigenvalue weighted by molar-refractivity contribution is -0.382. The highest BCUT2D eigenvalue weighted by Gasteiger charge is 2.58. The minimum absolute atomic E-state index is 0.160. The Bertz CT molecular complexity index is 156. The molecule has 0 unspecified atom stereocenters. The predicted molar refractivity (Wildman–Crippen MR) is 28.8 cm³/mol. The van der Waals surface area contributed by atoms with E-state index in [4.69, 9.17) is 21.1 Å². The fourth-order valence-electron chi connectivity index (χ4n) is 1.17. The monoisotopic (exact) mass is 148 g/mol. The summed E-state index contributed by atoms with van der Waals surface area (Å²) in [6.07, 6.45) is 1.24. The fraction of sp³-hybridized carbons (Fsp3) is 0.800. The third-order valence-electron chi connectivity index (χ3n) is 1.65. The van der Waals surface area contributed by atoms with Gasteiger partial charge in [0.25, 0.3) is 5.24 Å². The maximum Gasteiger partial charge on any atom is 0.281 e. The lowest BCUT2D eigenvalue weighted by Crippen LogP contribution is -2.49. The van der Waals surface area contributed by atoms with Gasteiger partial charge in [-0.3, -0.25) is 4.79 Å². The highest BCUT2D eigenvalue weighted by atomic mass is 35.5. The maximum absolute atomic E-state index is 10.5. The van der Waals surface area contributed by atoms with E-state index in [0.29, 0.717) is 6.42 Å². The zero-order valence-corrected chi connectivity index (χ0v) is 5.35. The van der Waals surface area contributed by atoms with Crippen LogP contribution in [-0.4, -0.2) is 17.3 Å². The summed E-state index contributed by atoms with van der Waals surface area (Å²) in [7, 11) is 0. The second kappa shape index (κ2) is 1.48. The zero-order chi connectivity index (χ0) is 6.48. The molecule has 0 aromatic carbocycles. The van der Waals surface area contributed by atoms with Crippen molar-refractivity contribution < 1.29 is 14.3 Å². The van der Waals surface area contributed by atoms with Crippen molar-refractivity contribution in [1.29, 1.82) is 0 Å². The summed E-state index contributed by atoms with van der Waals surface area (Å²) in [6.45, 7) is 0. The van der Waals surface area contributed by atoms with E-state index in [0.717, 1.165) is 6.42 Å². The molecule has 3 rings (SSSR count). The molecule has 3 aliphatic rings. The van der Waals surface area contributed by atoms with Crippen LogP contribution in [0.1, 0.15) is 12.8 Å². The van der Waals surface area contributed by atoms with Crippen LogP contribution in [0.15, 0.2) is 0 Å². The van der Waals surface area contributed by atoms with Crippen molar-refractivity contribution in [2.45, 2.75) is 24.9 Å². The van der Waals surface area contributed by atoms with Crippen molar-refractivity contribution in [3.8, 4) is 0 Å². The van der Waals surface area contributed by atoms with Crippen molar-refractivity contribution in [1.82, 2.24) is 0 Å². The second-order valence-electron chi connectivity index (χ2n) is 2.23. The number of halogens is 1. The van der Waals surface area contributed by atoms with Gasteiger partial charge in [0.2, 0.25) is 5.79 Å². The molecule has 3 heterocycles. The predicted octanol–water partition coefficient (Wildman–Crippen LogP) is 0.615. The number of ether oxygens (including phenoxy) is 2. The van der Waals surface area contributed by atoms with E-state index in [1.807, 2.05) is 0 Å². The molecule has 4 heteroatoms. The second-order valence-corrected chi connectivity index (χ2v) is 2.57. The van der Waals surface area contributed by atoms with E-state index in [2.05, 4.69) is 0 Å². The van der Waals surface area contributed by atoms with Gasteiger partial charge < -0.3 is 9.47 Å². The van der Waals surface area contributed by atoms with Gasteiger partial charge in [0.15, 0.2) is 6.29 Å². The fourth-order valence-corrected chi connectivity index (χ4v) is 1.35. The average Bonchev–Trinajstić information content (AvgIpc) is 2.13. The molecule has 50 valence electrons. The Morgan fingerprint density at radius 1 is 1.67 bits per heavy atom. The first-order chi connectivity index (χ1) is 4.23. The van der Waals surface area contributed by atoms with Crippen LogP contribution in [0.25, 0.3) is 0 Å². The number of carbonyl (C=O) groups is 1. The van der Waals surface area contributed by atoms with Gasteiger partial charge >= 0.3 is 0 Å². The summed E-state index contributed by atoms with van der Waals surface area (Å²) >= 11 is 5.17. The van der Waals surface area contributed by atoms with Crippen molar-refractivity contribution in [3.63, 3.8) is 0 Å². The van der Waals surface area contributed by atoms with Gasteiger partial charge in [0.1, 0.15) is 0 Å². The average molecular weight is 149 g/mol. The smallest absolute Gasteiger partial charge is 0.281 e. The minimum atomic E-state index is -1.04. The molecule has 2 bridgehead atoms. The Labute approximate surface area is 56.9 Å². The van der Waals surface area contributed by atoms with Crippen LogP contribution < -0.4 is 0 Å². The van der Waals surface area contributed by atoms with E-state index < -0.39 is 11.0 Å². The van der Waals surface area contributed by atoms with E-state index in [1.165, 1.54) is 0 Å². The Balaban J connectivity index is 2.19. The van der Waals surface area contributed by atoms with Crippen LogP contribution in [0.5, 0.6) is 0 Å². The molecule has 0 saturated carbocycles. The Morgan fingerprint density at radius 2 is 2.33 bits per heavy atom. The summed E-state index contributed by atoms with van der Waals surface area (Å²) in [5, 5.41) is -0.531. The van der Waals surface area contributed by atoms with Crippen LogP contribution in [-0.2, 0) is 14.3 Å². The zero-order valence-electron chi connectivity index (χ0n) is 4.59. The molecule has 0 radical (unpaired) electrons. The van der Waals surface area contributed by atoms with E-state index in [9.17, 15) is 4.79 Å². The number of hydrogen-bond acceptors (Lipinski definition) is 3. The minimum Gasteiger partial charge on any atom is -0.313 e. The van der Waals surface area contributed by atoms with Gasteiger partial charge in [-0.05, 0) is 11.6 Å². The third-order valence-corrected chi connectivity index (χ3v) is 1.94. The summed E-state index contributed by atoms with van der Waals surface area (Å²) in [5.74, 6) is -1.04. The van der Waals surface area contributed by atoms with E-state index in [-0.39, 0.29) is 6.29 Å². The third kappa shape index (κ3) is 0.569. The SMILES string of the molecule is O=C(Cl)C12CCC(O1)O2. The maximum atomic E-state index is 10.5. The Morgan fingerprint density at radius 3 is 2.56 bits per heavy atom. The quantitative estimate of drug-likeness (QED) is 0.512. The van der Waals surface area contributed by atoms with E-state index in [1.54, 1.807) is 0 Å². The molecule has 3 nitrogen and oxygen atoms in total. The molecule has 0 amide bonds. The molecule has 9 heavy (non-hydrogen) atoms. The first kappa shape index (κ1) is 5.65. The van der Waals surface area contributed by atoms with Crippen molar-refractivity contribution in [2.75, 3.05) is 0 Å². The van der Waals surface area contributed by atoms with Crippen LogP contribution in [0.3, 0.4) is 0 Å². The van der Waals surface area contributed by atoms with Gasteiger partial charge in [0, 0.05) is 12.8 Å².